The van der Waals surface area contributed by atoms with Crippen LogP contribution in [0.2, 0.25) is 0 Å². The summed E-state index contributed by atoms with van der Waals surface area (Å²) in [5, 5.41) is 5.24. The Morgan fingerprint density at radius 3 is 2.30 bits per heavy atom. The molecule has 0 aliphatic carbocycles. The second kappa shape index (κ2) is 7.20. The zero-order valence-corrected chi connectivity index (χ0v) is 12.7. The van der Waals surface area contributed by atoms with Crippen molar-refractivity contribution in [2.75, 3.05) is 14.1 Å². The molecule has 1 aliphatic rings. The molecule has 0 radical (unpaired) electrons. The van der Waals surface area contributed by atoms with Crippen LogP contribution in [0.1, 0.15) is 32.3 Å². The lowest BCUT2D eigenvalue weighted by molar-refractivity contribution is -0.141. The molecule has 2 rings (SSSR count). The average Bonchev–Trinajstić information content (AvgIpc) is 2.45. The summed E-state index contributed by atoms with van der Waals surface area (Å²) in [6, 6.07) is 9.72. The summed E-state index contributed by atoms with van der Waals surface area (Å²) >= 11 is 0. The highest BCUT2D eigenvalue weighted by Gasteiger charge is 2.45. The van der Waals surface area contributed by atoms with Gasteiger partial charge >= 0.3 is 0 Å². The minimum atomic E-state index is -0.547. The molecule has 1 fully saturated rings. The van der Waals surface area contributed by atoms with Crippen molar-refractivity contribution in [1.29, 1.82) is 0 Å². The van der Waals surface area contributed by atoms with Crippen LogP contribution in [-0.2, 0) is 15.0 Å². The maximum Gasteiger partial charge on any atom is 0.237 e. The Hall–Kier alpha value is -1.68. The molecule has 2 N–H and O–H groups in total. The molecular weight excluding hydrogens is 252 g/mol. The molecule has 1 aliphatic heterocycles. The molecule has 1 aromatic carbocycles. The van der Waals surface area contributed by atoms with Crippen LogP contribution in [0.5, 0.6) is 0 Å². The molecule has 20 heavy (non-hydrogen) atoms. The molecule has 110 valence electrons. The van der Waals surface area contributed by atoms with Gasteiger partial charge in [0.2, 0.25) is 11.8 Å². The number of nitrogens with one attached hydrogen (secondary N) is 2. The number of imide groups is 1. The van der Waals surface area contributed by atoms with Crippen molar-refractivity contribution >= 4 is 11.8 Å². The summed E-state index contributed by atoms with van der Waals surface area (Å²) in [4.78, 5) is 23.7. The van der Waals surface area contributed by atoms with Gasteiger partial charge < -0.3 is 5.32 Å². The number of piperidine rings is 1. The SMILES string of the molecule is CCC1(c2ccccc2)CC(C)C(=O)NC1=O.CNC. The van der Waals surface area contributed by atoms with Crippen LogP contribution in [0.3, 0.4) is 0 Å². The summed E-state index contributed by atoms with van der Waals surface area (Å²) in [6.07, 6.45) is 1.30. The van der Waals surface area contributed by atoms with Crippen molar-refractivity contribution in [2.24, 2.45) is 5.92 Å². The second-order valence-corrected chi connectivity index (χ2v) is 5.23. The summed E-state index contributed by atoms with van der Waals surface area (Å²) < 4.78 is 0. The minimum absolute atomic E-state index is 0.118. The van der Waals surface area contributed by atoms with Gasteiger partial charge in [0, 0.05) is 5.92 Å². The molecule has 2 atom stereocenters. The standard InChI is InChI=1S/C14H17NO2.C2H7N/c1-3-14(11-7-5-4-6-8-11)9-10(2)12(16)15-13(14)17;1-3-2/h4-8,10H,3,9H2,1-2H3,(H,15,16,17);3H,1-2H3. The maximum absolute atomic E-state index is 12.2. The number of carbonyl (C=O) groups excluding carboxylic acids is 2. The molecule has 0 spiro atoms. The quantitative estimate of drug-likeness (QED) is 0.811. The summed E-state index contributed by atoms with van der Waals surface area (Å²) in [5.74, 6) is -0.433. The van der Waals surface area contributed by atoms with Crippen LogP contribution in [0, 0.1) is 5.92 Å². The van der Waals surface area contributed by atoms with Crippen LogP contribution >= 0.6 is 0 Å². The van der Waals surface area contributed by atoms with E-state index in [-0.39, 0.29) is 17.7 Å². The molecule has 1 aromatic rings. The lowest BCUT2D eigenvalue weighted by Gasteiger charge is -2.37. The Labute approximate surface area is 121 Å². The minimum Gasteiger partial charge on any atom is -0.323 e. The largest absolute Gasteiger partial charge is 0.323 e. The first-order valence-electron chi connectivity index (χ1n) is 7.01. The van der Waals surface area contributed by atoms with Crippen molar-refractivity contribution in [3.63, 3.8) is 0 Å². The lowest BCUT2D eigenvalue weighted by Crippen LogP contribution is -2.54. The van der Waals surface area contributed by atoms with Gasteiger partial charge in [-0.05, 0) is 32.5 Å². The predicted molar refractivity (Wildman–Crippen MR) is 80.3 cm³/mol. The number of rotatable bonds is 2. The summed E-state index contributed by atoms with van der Waals surface area (Å²) in [5.41, 5.74) is 0.452. The molecule has 0 saturated carbocycles. The fourth-order valence-corrected chi connectivity index (χ4v) is 2.58. The van der Waals surface area contributed by atoms with Gasteiger partial charge in [-0.3, -0.25) is 14.9 Å². The van der Waals surface area contributed by atoms with E-state index >= 15 is 0 Å². The van der Waals surface area contributed by atoms with Gasteiger partial charge in [0.1, 0.15) is 0 Å². The number of hydrogen-bond acceptors (Lipinski definition) is 3. The summed E-state index contributed by atoms with van der Waals surface area (Å²) in [7, 11) is 3.75. The molecular formula is C16H24N2O2. The van der Waals surface area contributed by atoms with E-state index in [0.717, 1.165) is 5.56 Å². The fourth-order valence-electron chi connectivity index (χ4n) is 2.58. The van der Waals surface area contributed by atoms with Gasteiger partial charge in [-0.15, -0.1) is 0 Å². The van der Waals surface area contributed by atoms with Gasteiger partial charge in [-0.1, -0.05) is 44.2 Å². The topological polar surface area (TPSA) is 58.2 Å². The van der Waals surface area contributed by atoms with Crippen LogP contribution < -0.4 is 10.6 Å². The third-order valence-electron chi connectivity index (χ3n) is 3.70. The smallest absolute Gasteiger partial charge is 0.237 e. The van der Waals surface area contributed by atoms with Crippen molar-refractivity contribution < 1.29 is 9.59 Å². The van der Waals surface area contributed by atoms with Gasteiger partial charge in [-0.25, -0.2) is 0 Å². The highest BCUT2D eigenvalue weighted by Crippen LogP contribution is 2.37. The fraction of sp³-hybridized carbons (Fsp3) is 0.500. The number of benzene rings is 1. The van der Waals surface area contributed by atoms with E-state index in [1.54, 1.807) is 0 Å². The molecule has 0 aromatic heterocycles. The van der Waals surface area contributed by atoms with E-state index in [1.807, 2.05) is 58.3 Å². The second-order valence-electron chi connectivity index (χ2n) is 5.23. The van der Waals surface area contributed by atoms with Crippen LogP contribution in [0.15, 0.2) is 30.3 Å². The Morgan fingerprint density at radius 2 is 1.80 bits per heavy atom. The third kappa shape index (κ3) is 3.25. The van der Waals surface area contributed by atoms with E-state index in [9.17, 15) is 9.59 Å². The van der Waals surface area contributed by atoms with E-state index in [2.05, 4.69) is 10.6 Å². The van der Waals surface area contributed by atoms with E-state index in [1.165, 1.54) is 0 Å². The molecule has 0 bridgehead atoms. The van der Waals surface area contributed by atoms with E-state index < -0.39 is 5.41 Å². The van der Waals surface area contributed by atoms with Gasteiger partial charge in [0.25, 0.3) is 0 Å². The Bertz CT molecular complexity index is 459. The van der Waals surface area contributed by atoms with Crippen molar-refractivity contribution in [3.05, 3.63) is 35.9 Å². The van der Waals surface area contributed by atoms with E-state index in [4.69, 9.17) is 0 Å². The Morgan fingerprint density at radius 1 is 1.25 bits per heavy atom. The maximum atomic E-state index is 12.2. The van der Waals surface area contributed by atoms with Gasteiger partial charge in [-0.2, -0.15) is 0 Å². The predicted octanol–water partition coefficient (Wildman–Crippen LogP) is 1.85. The van der Waals surface area contributed by atoms with Crippen molar-refractivity contribution in [2.45, 2.75) is 32.1 Å². The first-order chi connectivity index (χ1) is 9.51. The van der Waals surface area contributed by atoms with Crippen LogP contribution in [-0.4, -0.2) is 25.9 Å². The molecule has 4 nitrogen and oxygen atoms in total. The normalized spacial score (nSPS) is 25.5. The number of hydrogen-bond donors (Lipinski definition) is 2. The molecule has 1 saturated heterocycles. The monoisotopic (exact) mass is 276 g/mol. The molecule has 1 heterocycles. The van der Waals surface area contributed by atoms with Crippen LogP contribution in [0.25, 0.3) is 0 Å². The number of carbonyl (C=O) groups is 2. The van der Waals surface area contributed by atoms with E-state index in [0.29, 0.717) is 12.8 Å². The molecule has 4 heteroatoms. The van der Waals surface area contributed by atoms with Gasteiger partial charge in [0.05, 0.1) is 5.41 Å². The lowest BCUT2D eigenvalue weighted by atomic mass is 9.69. The average molecular weight is 276 g/mol. The van der Waals surface area contributed by atoms with Crippen LogP contribution in [0.4, 0.5) is 0 Å². The zero-order chi connectivity index (χ0) is 15.2. The highest BCUT2D eigenvalue weighted by atomic mass is 16.2. The van der Waals surface area contributed by atoms with Crippen molar-refractivity contribution in [3.8, 4) is 0 Å². The highest BCUT2D eigenvalue weighted by molar-refractivity contribution is 6.04. The third-order valence-corrected chi connectivity index (χ3v) is 3.70. The Balaban J connectivity index is 0.000000612. The number of amides is 2. The molecule has 2 unspecified atom stereocenters. The molecule has 2 amide bonds. The summed E-state index contributed by atoms with van der Waals surface area (Å²) in [6.45, 7) is 3.87. The Kier molecular flexibility index (Phi) is 5.89. The zero-order valence-electron chi connectivity index (χ0n) is 12.7. The van der Waals surface area contributed by atoms with Crippen molar-refractivity contribution in [1.82, 2.24) is 10.6 Å². The first kappa shape index (κ1) is 16.4. The first-order valence-corrected chi connectivity index (χ1v) is 7.01. The van der Waals surface area contributed by atoms with Gasteiger partial charge in [0.15, 0.2) is 0 Å².